The Balaban J connectivity index is 0.000000521. The molecule has 4 rings (SSSR count). The summed E-state index contributed by atoms with van der Waals surface area (Å²) in [7, 11) is -6.40. The molecule has 0 spiro atoms. The minimum atomic E-state index is -3.33. The summed E-state index contributed by atoms with van der Waals surface area (Å²) in [4.78, 5) is 13.1. The summed E-state index contributed by atoms with van der Waals surface area (Å²) >= 11 is 0. The van der Waals surface area contributed by atoms with Crippen LogP contribution in [0.1, 0.15) is 46.1 Å². The van der Waals surface area contributed by atoms with Gasteiger partial charge in [-0.25, -0.2) is 13.2 Å². The van der Waals surface area contributed by atoms with E-state index in [2.05, 4.69) is 24.5 Å². The van der Waals surface area contributed by atoms with Crippen LogP contribution in [0, 0.1) is 11.8 Å². The summed E-state index contributed by atoms with van der Waals surface area (Å²) in [5.74, 6) is 1.02. The van der Waals surface area contributed by atoms with Crippen LogP contribution in [-0.4, -0.2) is 96.3 Å². The number of benzene rings is 2. The first-order chi connectivity index (χ1) is 23.8. The first kappa shape index (κ1) is 41.7. The molecule has 0 saturated carbocycles. The Bertz CT molecular complexity index is 1450. The lowest BCUT2D eigenvalue weighted by Gasteiger charge is -2.26. The molecule has 2 saturated heterocycles. The van der Waals surface area contributed by atoms with Crippen LogP contribution in [0.15, 0.2) is 53.4 Å². The predicted molar refractivity (Wildman–Crippen MR) is 190 cm³/mol. The number of alkyl carbamates (subject to hydrolysis) is 1. The Morgan fingerprint density at radius 2 is 1.70 bits per heavy atom. The molecule has 50 heavy (non-hydrogen) atoms. The maximum atomic E-state index is 12.8. The highest BCUT2D eigenvalue weighted by atomic mass is 32.2. The van der Waals surface area contributed by atoms with Gasteiger partial charge in [-0.1, -0.05) is 32.4 Å². The van der Waals surface area contributed by atoms with Gasteiger partial charge in [-0.05, 0) is 81.1 Å². The second-order valence-electron chi connectivity index (χ2n) is 12.4. The Morgan fingerprint density at radius 3 is 2.30 bits per heavy atom. The van der Waals surface area contributed by atoms with Crippen LogP contribution in [0.4, 0.5) is 10.5 Å². The molecule has 0 unspecified atom stereocenters. The molecule has 5 N–H and O–H groups in total. The van der Waals surface area contributed by atoms with E-state index in [1.54, 1.807) is 38.1 Å². The fourth-order valence-corrected chi connectivity index (χ4v) is 7.22. The third-order valence-corrected chi connectivity index (χ3v) is 11.2. The van der Waals surface area contributed by atoms with E-state index in [1.807, 2.05) is 12.1 Å². The van der Waals surface area contributed by atoms with Crippen molar-refractivity contribution in [3.63, 3.8) is 0 Å². The number of fused-ring (bicyclic) bond motifs is 1. The second-order valence-corrected chi connectivity index (χ2v) is 16.4. The van der Waals surface area contributed by atoms with Crippen molar-refractivity contribution in [1.29, 1.82) is 0 Å². The lowest BCUT2D eigenvalue weighted by Crippen LogP contribution is -2.50. The van der Waals surface area contributed by atoms with E-state index < -0.39 is 35.7 Å². The van der Waals surface area contributed by atoms with Gasteiger partial charge in [-0.15, -0.1) is 0 Å². The minimum absolute atomic E-state index is 0.0321. The molecule has 14 nitrogen and oxygen atoms in total. The summed E-state index contributed by atoms with van der Waals surface area (Å²) in [5, 5.41) is 17.1. The SMILES string of the molecule is CCOP(=O)(COc1ccc(C[C@H](NC(=O)O[C@H]2CO[C@H]3OCC[C@H]32)[C@H](O)CNC[C@@H](C)CC)cc1)OCC.CS(=O)(=O)c1ccc(N)cc1. The van der Waals surface area contributed by atoms with Crippen molar-refractivity contribution in [1.82, 2.24) is 10.6 Å². The number of carbonyl (C=O) groups is 1. The first-order valence-corrected chi connectivity index (χ1v) is 20.6. The Morgan fingerprint density at radius 1 is 1.04 bits per heavy atom. The highest BCUT2D eigenvalue weighted by molar-refractivity contribution is 7.90. The van der Waals surface area contributed by atoms with Crippen LogP contribution < -0.4 is 21.1 Å². The first-order valence-electron chi connectivity index (χ1n) is 17.0. The Kier molecular flexibility index (Phi) is 16.9. The molecule has 0 aliphatic carbocycles. The van der Waals surface area contributed by atoms with Gasteiger partial charge in [0.25, 0.3) is 0 Å². The number of hydrogen-bond acceptors (Lipinski definition) is 13. The molecule has 282 valence electrons. The molecule has 2 fully saturated rings. The number of rotatable bonds is 18. The summed E-state index contributed by atoms with van der Waals surface area (Å²) in [5.41, 5.74) is 6.82. The van der Waals surface area contributed by atoms with Gasteiger partial charge in [0, 0.05) is 18.5 Å². The van der Waals surface area contributed by atoms with Crippen molar-refractivity contribution < 1.29 is 50.9 Å². The van der Waals surface area contributed by atoms with E-state index in [0.29, 0.717) is 48.4 Å². The van der Waals surface area contributed by atoms with Gasteiger partial charge in [0.1, 0.15) is 11.9 Å². The summed E-state index contributed by atoms with van der Waals surface area (Å²) in [6, 6.07) is 12.7. The number of sulfone groups is 1. The van der Waals surface area contributed by atoms with Crippen molar-refractivity contribution >= 4 is 29.2 Å². The van der Waals surface area contributed by atoms with E-state index in [1.165, 1.54) is 18.4 Å². The van der Waals surface area contributed by atoms with Gasteiger partial charge in [-0.3, -0.25) is 4.57 Å². The number of carbonyl (C=O) groups excluding carboxylic acids is 1. The molecule has 1 amide bonds. The molecule has 2 aromatic rings. The number of aliphatic hydroxyl groups is 1. The number of anilines is 1. The van der Waals surface area contributed by atoms with E-state index in [0.717, 1.165) is 24.9 Å². The lowest BCUT2D eigenvalue weighted by atomic mass is 10.0. The van der Waals surface area contributed by atoms with Crippen molar-refractivity contribution in [3.05, 3.63) is 54.1 Å². The fourth-order valence-electron chi connectivity index (χ4n) is 5.27. The molecule has 2 aliphatic rings. The maximum Gasteiger partial charge on any atom is 0.407 e. The normalized spacial score (nSPS) is 20.6. The highest BCUT2D eigenvalue weighted by Gasteiger charge is 2.44. The average molecular weight is 744 g/mol. The quantitative estimate of drug-likeness (QED) is 0.124. The lowest BCUT2D eigenvalue weighted by molar-refractivity contribution is -0.0907. The van der Waals surface area contributed by atoms with Crippen LogP contribution >= 0.6 is 7.60 Å². The average Bonchev–Trinajstić information content (AvgIpc) is 3.69. The van der Waals surface area contributed by atoms with Gasteiger partial charge in [0.05, 0.1) is 49.4 Å². The standard InChI is InChI=1S/C27H45N2O9P.C7H9NO2S/c1-5-19(4)15-28-16-24(30)23(29-27(31)38-25-17-34-26-22(25)12-13-33-26)14-20-8-10-21(11-9-20)35-18-39(32,36-6-2)37-7-3;1-11(9,10)7-4-2-6(8)3-5-7/h8-11,19,22-26,28,30H,5-7,12-18H2,1-4H3,(H,29,31);2-5H,8H2,1H3/t19-,22-,23-,24+,25-,26+;/m0./s1. The monoisotopic (exact) mass is 743 g/mol. The number of nitrogens with one attached hydrogen (secondary N) is 2. The maximum absolute atomic E-state index is 12.8. The van der Waals surface area contributed by atoms with Crippen LogP contribution in [0.2, 0.25) is 0 Å². The molecule has 2 aliphatic heterocycles. The largest absolute Gasteiger partial charge is 0.481 e. The minimum Gasteiger partial charge on any atom is -0.481 e. The highest BCUT2D eigenvalue weighted by Crippen LogP contribution is 2.47. The number of aliphatic hydroxyl groups excluding tert-OH is 1. The van der Waals surface area contributed by atoms with Crippen molar-refractivity contribution in [2.45, 2.75) is 76.4 Å². The van der Waals surface area contributed by atoms with E-state index in [4.69, 9.17) is 33.7 Å². The van der Waals surface area contributed by atoms with Gasteiger partial charge in [0.15, 0.2) is 22.5 Å². The molecule has 16 heteroatoms. The molecule has 6 atom stereocenters. The third-order valence-electron chi connectivity index (χ3n) is 8.28. The van der Waals surface area contributed by atoms with Crippen LogP contribution in [0.25, 0.3) is 0 Å². The molecular formula is C34H54N3O11PS. The summed E-state index contributed by atoms with van der Waals surface area (Å²) in [6.07, 6.45) is 1.03. The molecule has 0 radical (unpaired) electrons. The molecule has 2 aromatic carbocycles. The van der Waals surface area contributed by atoms with Crippen molar-refractivity contribution in [2.75, 3.05) is 57.9 Å². The zero-order chi connectivity index (χ0) is 36.7. The number of ether oxygens (including phenoxy) is 4. The van der Waals surface area contributed by atoms with Crippen molar-refractivity contribution in [3.8, 4) is 5.75 Å². The van der Waals surface area contributed by atoms with Gasteiger partial charge in [-0.2, -0.15) is 0 Å². The van der Waals surface area contributed by atoms with Gasteiger partial charge >= 0.3 is 13.7 Å². The number of nitrogen functional groups attached to an aromatic ring is 1. The number of amides is 1. The zero-order valence-corrected chi connectivity index (χ0v) is 31.3. The predicted octanol–water partition coefficient (Wildman–Crippen LogP) is 4.36. The van der Waals surface area contributed by atoms with Gasteiger partial charge in [0.2, 0.25) is 0 Å². The van der Waals surface area contributed by atoms with E-state index >= 15 is 0 Å². The van der Waals surface area contributed by atoms with Crippen LogP contribution in [-0.2, 0) is 44.1 Å². The molecular weight excluding hydrogens is 689 g/mol. The van der Waals surface area contributed by atoms with Crippen LogP contribution in [0.3, 0.4) is 0 Å². The Labute approximate surface area is 296 Å². The second kappa shape index (κ2) is 20.3. The third kappa shape index (κ3) is 13.8. The summed E-state index contributed by atoms with van der Waals surface area (Å²) in [6.45, 7) is 10.3. The number of nitrogens with two attached hydrogens (primary N) is 1. The fraction of sp³-hybridized carbons (Fsp3) is 0.618. The topological polar surface area (TPSA) is 194 Å². The van der Waals surface area contributed by atoms with E-state index in [9.17, 15) is 22.9 Å². The van der Waals surface area contributed by atoms with Crippen LogP contribution in [0.5, 0.6) is 5.75 Å². The smallest absolute Gasteiger partial charge is 0.407 e. The van der Waals surface area contributed by atoms with Crippen molar-refractivity contribution in [2.24, 2.45) is 11.8 Å². The van der Waals surface area contributed by atoms with E-state index in [-0.39, 0.29) is 37.9 Å². The summed E-state index contributed by atoms with van der Waals surface area (Å²) < 4.78 is 67.4. The number of hydrogen-bond donors (Lipinski definition) is 4. The molecule has 0 aromatic heterocycles. The molecule has 2 heterocycles. The zero-order valence-electron chi connectivity index (χ0n) is 29.6. The Hall–Kier alpha value is -2.75. The van der Waals surface area contributed by atoms with Gasteiger partial charge < -0.3 is 49.5 Å². The molecule has 0 bridgehead atoms.